The van der Waals surface area contributed by atoms with Gasteiger partial charge in [-0.1, -0.05) is 0 Å². The van der Waals surface area contributed by atoms with Gasteiger partial charge in [0.25, 0.3) is 0 Å². The summed E-state index contributed by atoms with van der Waals surface area (Å²) in [6.45, 7) is -5.03. The molecule has 0 N–H and O–H groups in total. The summed E-state index contributed by atoms with van der Waals surface area (Å²) in [6.07, 6.45) is 0. The van der Waals surface area contributed by atoms with Gasteiger partial charge in [-0.2, -0.15) is 0 Å². The summed E-state index contributed by atoms with van der Waals surface area (Å²) in [5.41, 5.74) is 0. The standard InChI is InChI=1S/4H2OP.Pd/c4*1-2;/h4*2H2;/q4*+1;-4. The zero-order valence-electron chi connectivity index (χ0n) is 4.26. The van der Waals surface area contributed by atoms with Gasteiger partial charge in [0, 0.05) is 0 Å². The number of hydrogen-bond acceptors (Lipinski definition) is 4. The third-order valence-electron chi connectivity index (χ3n) is 0.516. The summed E-state index contributed by atoms with van der Waals surface area (Å²) in [5, 5.41) is 0. The van der Waals surface area contributed by atoms with Gasteiger partial charge in [-0.05, 0) is 0 Å². The predicted octanol–water partition coefficient (Wildman–Crippen LogP) is 0.825. The van der Waals surface area contributed by atoms with Crippen molar-refractivity contribution in [2.24, 2.45) is 0 Å². The molecule has 4 nitrogen and oxygen atoms in total. The van der Waals surface area contributed by atoms with Crippen LogP contribution in [0, 0.1) is 0 Å². The molecule has 0 aliphatic carbocycles. The van der Waals surface area contributed by atoms with Gasteiger partial charge in [0.2, 0.25) is 0 Å². The molecule has 0 heterocycles. The molecule has 0 rings (SSSR count). The van der Waals surface area contributed by atoms with Crippen molar-refractivity contribution in [3.63, 3.8) is 0 Å². The average molecular weight is 302 g/mol. The van der Waals surface area contributed by atoms with Crippen LogP contribution < -0.4 is 0 Å². The Bertz CT molecular complexity index is 115. The molecule has 0 bridgehead atoms. The predicted molar refractivity (Wildman–Crippen MR) is 41.6 cm³/mol. The van der Waals surface area contributed by atoms with Crippen LogP contribution in [0.5, 0.6) is 0 Å². The van der Waals surface area contributed by atoms with E-state index in [-0.39, 0.29) is 0 Å². The molecule has 0 aromatic rings. The molecule has 9 heteroatoms. The van der Waals surface area contributed by atoms with E-state index in [1.807, 2.05) is 0 Å². The van der Waals surface area contributed by atoms with E-state index in [2.05, 4.69) is 0 Å². The summed E-state index contributed by atoms with van der Waals surface area (Å²) >= 11 is -2.69. The number of hydrogen-bond donors (Lipinski definition) is 0. The molecule has 0 aromatic carbocycles. The normalized spacial score (nSPS) is 25.8. The molecule has 0 fully saturated rings. The van der Waals surface area contributed by atoms with Gasteiger partial charge >= 0.3 is 58.4 Å². The first-order valence-electron chi connectivity index (χ1n) is 1.67. The van der Waals surface area contributed by atoms with Crippen molar-refractivity contribution >= 4 is 26.6 Å². The van der Waals surface area contributed by atoms with E-state index in [0.717, 1.165) is 0 Å². The van der Waals surface area contributed by atoms with E-state index >= 15 is 0 Å². The second kappa shape index (κ2) is 5.26. The average Bonchev–Trinajstić information content (AvgIpc) is 1.95. The molecular weight excluding hydrogens is 294 g/mol. The Morgan fingerprint density at radius 1 is 0.667 bits per heavy atom. The maximum atomic E-state index is 10.3. The van der Waals surface area contributed by atoms with Gasteiger partial charge in [0.1, 0.15) is 0 Å². The van der Waals surface area contributed by atoms with E-state index in [0.29, 0.717) is 0 Å². The van der Waals surface area contributed by atoms with Crippen LogP contribution in [-0.4, -0.2) is 0 Å². The third-order valence-corrected chi connectivity index (χ3v) is 27.5. The Labute approximate surface area is 58.6 Å². The molecule has 0 spiro atoms. The quantitative estimate of drug-likeness (QED) is 0.570. The number of rotatable bonds is 4. The molecule has 0 amide bonds. The second-order valence-electron chi connectivity index (χ2n) is 0.931. The summed E-state index contributed by atoms with van der Waals surface area (Å²) in [6, 6.07) is 0. The Kier molecular flexibility index (Phi) is 6.19. The van der Waals surface area contributed by atoms with Crippen LogP contribution in [0.4, 0.5) is 0 Å². The third kappa shape index (κ3) is 2.99. The van der Waals surface area contributed by atoms with Crippen molar-refractivity contribution in [3.05, 3.63) is 0 Å². The van der Waals surface area contributed by atoms with Crippen LogP contribution in [-0.2, 0) is 31.8 Å². The van der Waals surface area contributed by atoms with Crippen LogP contribution in [0.25, 0.3) is 0 Å². The van der Waals surface area contributed by atoms with Crippen LogP contribution in [0.1, 0.15) is 0 Å². The van der Waals surface area contributed by atoms with E-state index in [9.17, 15) is 18.3 Å². The fourth-order valence-corrected chi connectivity index (χ4v) is 5.61. The molecular formula is H8O4P4Pd. The summed E-state index contributed by atoms with van der Waals surface area (Å²) in [5.74, 6) is 0. The van der Waals surface area contributed by atoms with Gasteiger partial charge in [0.15, 0.2) is 0 Å². The van der Waals surface area contributed by atoms with E-state index in [1.54, 1.807) is 0 Å². The fraction of sp³-hybridized carbons (Fsp3) is 0. The molecule has 4 unspecified atom stereocenters. The molecule has 0 aliphatic rings. The van der Waals surface area contributed by atoms with Crippen LogP contribution >= 0.6 is 26.6 Å². The van der Waals surface area contributed by atoms with Gasteiger partial charge in [0.05, 0.1) is 0 Å². The molecule has 0 saturated carbocycles. The van der Waals surface area contributed by atoms with Crippen molar-refractivity contribution in [1.82, 2.24) is 0 Å². The minimum atomic E-state index is -2.69. The van der Waals surface area contributed by atoms with Crippen molar-refractivity contribution < 1.29 is 31.8 Å². The summed E-state index contributed by atoms with van der Waals surface area (Å²) in [7, 11) is 0. The monoisotopic (exact) mass is 302 g/mol. The Hall–Kier alpha value is 1.58. The second-order valence-corrected chi connectivity index (χ2v) is 39.0. The van der Waals surface area contributed by atoms with Gasteiger partial charge in [-0.3, -0.25) is 0 Å². The van der Waals surface area contributed by atoms with Crippen LogP contribution in [0.15, 0.2) is 0 Å². The topological polar surface area (TPSA) is 68.3 Å². The molecule has 0 radical (unpaired) electrons. The van der Waals surface area contributed by atoms with E-state index in [4.69, 9.17) is 0 Å². The molecule has 62 valence electrons. The fourth-order valence-electron chi connectivity index (χ4n) is 0.105. The molecule has 4 atom stereocenters. The molecule has 0 aromatic heterocycles. The van der Waals surface area contributed by atoms with Crippen LogP contribution in [0.3, 0.4) is 0 Å². The van der Waals surface area contributed by atoms with Crippen molar-refractivity contribution in [2.45, 2.75) is 0 Å². The zero-order valence-corrected chi connectivity index (χ0v) is 10.4. The van der Waals surface area contributed by atoms with Crippen molar-refractivity contribution in [1.29, 1.82) is 0 Å². The zero-order chi connectivity index (χ0) is 7.33. The first-order chi connectivity index (χ1) is 4.24. The minimum absolute atomic E-state index is 1.26. The van der Waals surface area contributed by atoms with E-state index < -0.39 is 40.2 Å². The van der Waals surface area contributed by atoms with Gasteiger partial charge in [-0.15, -0.1) is 0 Å². The van der Waals surface area contributed by atoms with Crippen LogP contribution in [0.2, 0.25) is 0 Å². The molecule has 0 saturated heterocycles. The van der Waals surface area contributed by atoms with Crippen molar-refractivity contribution in [2.75, 3.05) is 0 Å². The van der Waals surface area contributed by atoms with Crippen molar-refractivity contribution in [3.8, 4) is 0 Å². The van der Waals surface area contributed by atoms with Gasteiger partial charge < -0.3 is 0 Å². The molecule has 9 heavy (non-hydrogen) atoms. The van der Waals surface area contributed by atoms with Gasteiger partial charge in [-0.25, -0.2) is 0 Å². The summed E-state index contributed by atoms with van der Waals surface area (Å²) in [4.78, 5) is 0. The Morgan fingerprint density at radius 3 is 0.889 bits per heavy atom. The SMILES string of the molecule is O=[PH2][Pd]([PH2]=O)([PH2]=O)[PH2]=O. The molecule has 0 aliphatic heterocycles. The Balaban J connectivity index is 4.53. The first kappa shape index (κ1) is 10.6. The maximum absolute atomic E-state index is 10.3. The van der Waals surface area contributed by atoms with E-state index in [1.165, 1.54) is 0 Å². The Morgan fingerprint density at radius 2 is 0.889 bits per heavy atom. The first-order valence-corrected chi connectivity index (χ1v) is 15.8. The summed E-state index contributed by atoms with van der Waals surface area (Å²) < 4.78 is 41.0.